The summed E-state index contributed by atoms with van der Waals surface area (Å²) in [5.41, 5.74) is -2.74. The zero-order chi connectivity index (χ0) is 15.1. The Hall–Kier alpha value is -0.0400. The maximum atomic E-state index is 10.3. The van der Waals surface area contributed by atoms with E-state index in [0.717, 1.165) is 0 Å². The minimum absolute atomic E-state index is 0. The van der Waals surface area contributed by atoms with Crippen LogP contribution in [0, 0.1) is 0 Å². The summed E-state index contributed by atoms with van der Waals surface area (Å²) >= 11 is 0. The Morgan fingerprint density at radius 3 is 0.788 bits per heavy atom. The number of carboxylic acid groups (broad SMARTS) is 3. The van der Waals surface area contributed by atoms with E-state index in [1.165, 1.54) is 0 Å². The quantitative estimate of drug-likeness (QED) is 0.153. The second kappa shape index (κ2) is 58.1. The fourth-order valence-electron chi connectivity index (χ4n) is 0.714. The third-order valence-corrected chi connectivity index (χ3v) is 1.29. The molecule has 0 spiro atoms. The summed E-state index contributed by atoms with van der Waals surface area (Å²) < 4.78 is 8.66. The molecule has 33 heavy (non-hydrogen) atoms. The molecule has 0 saturated carbocycles. The fourth-order valence-corrected chi connectivity index (χ4v) is 0.714. The number of carboxylic acids is 3. The van der Waals surface area contributed by atoms with Crippen LogP contribution in [-0.4, -0.2) is 120 Å². The van der Waals surface area contributed by atoms with Gasteiger partial charge >= 0.3 is 77.0 Å². The van der Waals surface area contributed by atoms with Crippen LogP contribution in [0.1, 0.15) is 12.8 Å². The number of aliphatic hydroxyl groups is 1. The molecule has 0 radical (unpaired) electrons. The predicted octanol–water partition coefficient (Wildman–Crippen LogP) is -20.2. The molecule has 0 unspecified atom stereocenters. The van der Waals surface area contributed by atoms with E-state index in [1.54, 1.807) is 0 Å². The Labute approximate surface area is 227 Å². The third-order valence-electron chi connectivity index (χ3n) is 1.29. The van der Waals surface area contributed by atoms with Gasteiger partial charge in [0, 0.05) is 0 Å². The van der Waals surface area contributed by atoms with Crippen molar-refractivity contribution < 1.29 is 184 Å². The van der Waals surface area contributed by atoms with Crippen LogP contribution in [0.5, 0.6) is 0 Å². The van der Waals surface area contributed by atoms with Gasteiger partial charge in [0.15, 0.2) is 5.60 Å². The third kappa shape index (κ3) is 113. The van der Waals surface area contributed by atoms with E-state index in [2.05, 4.69) is 0 Å². The Balaban J connectivity index is -0.00000000792. The first-order valence-corrected chi connectivity index (χ1v) is 5.41. The molecule has 210 valence electrons. The van der Waals surface area contributed by atoms with Crippen LogP contribution < -0.4 is 68.9 Å². The monoisotopic (exact) mass is 568 g/mol. The summed E-state index contributed by atoms with van der Waals surface area (Å²) in [5.74, 6) is -5.02. The van der Waals surface area contributed by atoms with Crippen molar-refractivity contribution in [3.63, 3.8) is 0 Å². The van der Waals surface area contributed by atoms with Crippen molar-refractivity contribution in [3.05, 3.63) is 0 Å². The largest absolute Gasteiger partial charge is 1.00 e. The van der Waals surface area contributed by atoms with Gasteiger partial charge in [0.05, 0.1) is 20.7 Å². The molecular formula is C6H35Na2O24P. The van der Waals surface area contributed by atoms with Gasteiger partial charge in [-0.3, -0.25) is 9.59 Å². The van der Waals surface area contributed by atoms with E-state index in [1.807, 2.05) is 0 Å². The zero-order valence-electron chi connectivity index (χ0n) is 17.0. The van der Waals surface area contributed by atoms with E-state index in [0.29, 0.717) is 0 Å². The van der Waals surface area contributed by atoms with Crippen molar-refractivity contribution in [2.45, 2.75) is 18.4 Å². The van der Waals surface area contributed by atoms with Crippen molar-refractivity contribution in [3.8, 4) is 0 Å². The Morgan fingerprint density at radius 1 is 0.606 bits per heavy atom. The van der Waals surface area contributed by atoms with Crippen molar-refractivity contribution in [1.29, 1.82) is 0 Å². The van der Waals surface area contributed by atoms with Crippen molar-refractivity contribution >= 4 is 25.7 Å². The maximum Gasteiger partial charge on any atom is 1.00 e. The number of rotatable bonds is 5. The van der Waals surface area contributed by atoms with E-state index in [4.69, 9.17) is 39.7 Å². The number of aliphatic carboxylic acids is 3. The molecule has 0 aromatic carbocycles. The average Bonchev–Trinajstić information content (AvgIpc) is 1.95. The van der Waals surface area contributed by atoms with Crippen LogP contribution in [0.15, 0.2) is 0 Å². The van der Waals surface area contributed by atoms with Gasteiger partial charge in [-0.15, -0.1) is 0 Å². The summed E-state index contributed by atoms with van der Waals surface area (Å²) in [7, 11) is -5.14. The van der Waals surface area contributed by atoms with Crippen molar-refractivity contribution in [1.82, 2.24) is 0 Å². The van der Waals surface area contributed by atoms with Crippen LogP contribution >= 0.6 is 7.82 Å². The second-order valence-corrected chi connectivity index (χ2v) is 3.88. The SMILES string of the molecule is O.O.O.O.O.O.O.O.O.O.O.O.O.O=C(O)CC(O)(CC(=O)O)C(=O)O.O=P([O-])([O-])O.[Na+].[Na+]. The molecule has 0 atom stereocenters. The Kier molecular flexibility index (Phi) is 233. The molecule has 0 amide bonds. The average molecular weight is 568 g/mol. The van der Waals surface area contributed by atoms with Crippen LogP contribution in [0.25, 0.3) is 0 Å². The molecule has 24 nitrogen and oxygen atoms in total. The van der Waals surface area contributed by atoms with Gasteiger partial charge in [0.2, 0.25) is 0 Å². The minimum atomic E-state index is -5.14. The second-order valence-electron chi connectivity index (χ2n) is 2.95. The molecule has 0 aliphatic heterocycles. The van der Waals surface area contributed by atoms with Gasteiger partial charge in [-0.05, 0) is 0 Å². The molecule has 0 bridgehead atoms. The van der Waals surface area contributed by atoms with Gasteiger partial charge in [-0.2, -0.15) is 0 Å². The first-order valence-electron chi connectivity index (χ1n) is 3.92. The van der Waals surface area contributed by atoms with Gasteiger partial charge in [0.25, 0.3) is 0 Å². The summed E-state index contributed by atoms with van der Waals surface area (Å²) in [6, 6.07) is 0. The van der Waals surface area contributed by atoms with Gasteiger partial charge in [-0.25, -0.2) is 4.79 Å². The van der Waals surface area contributed by atoms with E-state index in [9.17, 15) is 14.4 Å². The molecule has 0 aliphatic rings. The molecule has 27 heteroatoms. The summed E-state index contributed by atoms with van der Waals surface area (Å²) in [6.45, 7) is 0. The fraction of sp³-hybridized carbons (Fsp3) is 0.500. The van der Waals surface area contributed by atoms with E-state index in [-0.39, 0.29) is 130 Å². The van der Waals surface area contributed by atoms with Crippen molar-refractivity contribution in [2.24, 2.45) is 0 Å². The van der Waals surface area contributed by atoms with Gasteiger partial charge in [-0.1, -0.05) is 0 Å². The number of hydrogen-bond donors (Lipinski definition) is 5. The first kappa shape index (κ1) is 132. The Morgan fingerprint density at radius 2 is 0.727 bits per heavy atom. The smallest absolute Gasteiger partial charge is 0.790 e. The number of hydrogen-bond acceptors (Lipinski definition) is 7. The topological polar surface area (TPSA) is 625 Å². The van der Waals surface area contributed by atoms with Crippen LogP contribution in [0.2, 0.25) is 0 Å². The summed E-state index contributed by atoms with van der Waals surface area (Å²) in [4.78, 5) is 54.8. The molecule has 0 rings (SSSR count). The molecule has 31 N–H and O–H groups in total. The molecule has 0 aromatic rings. The molecule has 0 heterocycles. The number of phosphoric acid groups is 1. The first-order chi connectivity index (χ1) is 7.78. The molecule has 0 fully saturated rings. The van der Waals surface area contributed by atoms with Gasteiger partial charge in [0.1, 0.15) is 0 Å². The molecule has 0 aromatic heterocycles. The predicted molar refractivity (Wildman–Crippen MR) is 93.9 cm³/mol. The van der Waals surface area contributed by atoms with E-state index < -0.39 is 44.2 Å². The van der Waals surface area contributed by atoms with Crippen LogP contribution in [-0.2, 0) is 18.9 Å². The maximum absolute atomic E-state index is 10.3. The van der Waals surface area contributed by atoms with Crippen LogP contribution in [0.3, 0.4) is 0 Å². The molecule has 0 aliphatic carbocycles. The standard InChI is InChI=1S/C6H8O7.2Na.H3O4P.13H2O/c7-3(8)1-6(13,5(11)12)2-4(9)10;;;1-5(2,3)4;;;;;;;;;;;;;/h13H,1-2H2,(H,7,8)(H,9,10)(H,11,12);;;(H3,1,2,3,4);13*1H2/q;2*+1;;;;;;;;;;;;;;/p-2. The summed E-state index contributed by atoms with van der Waals surface area (Å²) in [6.07, 6.45) is -2.29. The molecule has 0 saturated heterocycles. The zero-order valence-corrected chi connectivity index (χ0v) is 21.9. The van der Waals surface area contributed by atoms with E-state index >= 15 is 0 Å². The van der Waals surface area contributed by atoms with Crippen LogP contribution in [0.4, 0.5) is 0 Å². The molecular weight excluding hydrogens is 533 g/mol. The normalized spacial score (nSPS) is 6.06. The van der Waals surface area contributed by atoms with Crippen molar-refractivity contribution in [2.75, 3.05) is 0 Å². The van der Waals surface area contributed by atoms with Gasteiger partial charge < -0.3 is 111 Å². The minimum Gasteiger partial charge on any atom is -0.790 e. The number of carbonyl (C=O) groups is 3. The Bertz CT molecular complexity index is 361. The summed E-state index contributed by atoms with van der Waals surface area (Å²) in [5, 5.41) is 33.8.